The monoisotopic (exact) mass is 289 g/mol. The van der Waals surface area contributed by atoms with Crippen molar-refractivity contribution in [2.45, 2.75) is 39.2 Å². The summed E-state index contributed by atoms with van der Waals surface area (Å²) in [5.41, 5.74) is 1.23. The van der Waals surface area contributed by atoms with Crippen LogP contribution < -0.4 is 10.1 Å². The number of ether oxygens (including phenoxy) is 1. The summed E-state index contributed by atoms with van der Waals surface area (Å²) in [4.78, 5) is 0. The van der Waals surface area contributed by atoms with E-state index in [-0.39, 0.29) is 6.04 Å². The molecule has 0 fully saturated rings. The molecule has 0 amide bonds. The molecule has 0 saturated heterocycles. The van der Waals surface area contributed by atoms with Gasteiger partial charge in [-0.2, -0.15) is 0 Å². The fraction of sp³-hybridized carbons (Fsp3) is 0.500. The van der Waals surface area contributed by atoms with Crippen molar-refractivity contribution in [1.29, 1.82) is 0 Å². The van der Waals surface area contributed by atoms with Crippen LogP contribution in [0.1, 0.15) is 43.7 Å². The summed E-state index contributed by atoms with van der Waals surface area (Å²) in [6.45, 7) is 5.12. The van der Waals surface area contributed by atoms with Crippen molar-refractivity contribution in [2.24, 2.45) is 0 Å². The smallest absolute Gasteiger partial charge is 0.233 e. The maximum Gasteiger partial charge on any atom is 0.233 e. The lowest BCUT2D eigenvalue weighted by atomic mass is 10.1. The molecule has 114 valence electrons. The zero-order valence-electron chi connectivity index (χ0n) is 12.9. The molecule has 2 rings (SSSR count). The standard InChI is InChI=1S/C16H23N3O2/c1-4-11-17-12(2)16-19-18-15(21-16)10-7-13-5-8-14(20-3)9-6-13/h5-6,8-9,12,17H,4,7,10-11H2,1-3H3. The summed E-state index contributed by atoms with van der Waals surface area (Å²) < 4.78 is 10.8. The molecule has 0 aliphatic rings. The second kappa shape index (κ2) is 7.78. The minimum absolute atomic E-state index is 0.104. The van der Waals surface area contributed by atoms with E-state index in [2.05, 4.69) is 34.6 Å². The van der Waals surface area contributed by atoms with E-state index in [1.165, 1.54) is 5.56 Å². The number of aromatic nitrogens is 2. The first-order chi connectivity index (χ1) is 10.2. The van der Waals surface area contributed by atoms with Gasteiger partial charge in [0.1, 0.15) is 5.75 Å². The first kappa shape index (κ1) is 15.5. The first-order valence-corrected chi connectivity index (χ1v) is 7.41. The Bertz CT molecular complexity index is 537. The maximum atomic E-state index is 5.70. The van der Waals surface area contributed by atoms with Gasteiger partial charge in [-0.1, -0.05) is 19.1 Å². The normalized spacial score (nSPS) is 12.3. The van der Waals surface area contributed by atoms with Gasteiger partial charge in [-0.05, 0) is 44.0 Å². The fourth-order valence-electron chi connectivity index (χ4n) is 2.03. The van der Waals surface area contributed by atoms with Crippen molar-refractivity contribution in [3.8, 4) is 5.75 Å². The van der Waals surface area contributed by atoms with Crippen molar-refractivity contribution in [2.75, 3.05) is 13.7 Å². The summed E-state index contributed by atoms with van der Waals surface area (Å²) >= 11 is 0. The molecular weight excluding hydrogens is 266 g/mol. The van der Waals surface area contributed by atoms with E-state index in [4.69, 9.17) is 9.15 Å². The third-order valence-electron chi connectivity index (χ3n) is 3.34. The number of rotatable bonds is 8. The Morgan fingerprint density at radius 1 is 1.19 bits per heavy atom. The predicted octanol–water partition coefficient (Wildman–Crippen LogP) is 2.92. The van der Waals surface area contributed by atoms with Crippen molar-refractivity contribution < 1.29 is 9.15 Å². The lowest BCUT2D eigenvalue weighted by Crippen LogP contribution is -2.19. The summed E-state index contributed by atoms with van der Waals surface area (Å²) in [7, 11) is 1.67. The van der Waals surface area contributed by atoms with Crippen molar-refractivity contribution in [3.63, 3.8) is 0 Å². The SMILES string of the molecule is CCCNC(C)c1nnc(CCc2ccc(OC)cc2)o1. The van der Waals surface area contributed by atoms with Crippen LogP contribution >= 0.6 is 0 Å². The summed E-state index contributed by atoms with van der Waals surface area (Å²) in [6, 6.07) is 8.15. The molecule has 0 aliphatic carbocycles. The summed E-state index contributed by atoms with van der Waals surface area (Å²) in [5.74, 6) is 2.22. The third kappa shape index (κ3) is 4.56. The Morgan fingerprint density at radius 2 is 1.95 bits per heavy atom. The highest BCUT2D eigenvalue weighted by molar-refractivity contribution is 5.27. The first-order valence-electron chi connectivity index (χ1n) is 7.41. The van der Waals surface area contributed by atoms with Gasteiger partial charge in [0.25, 0.3) is 0 Å². The van der Waals surface area contributed by atoms with Crippen LogP contribution in [0.2, 0.25) is 0 Å². The third-order valence-corrected chi connectivity index (χ3v) is 3.34. The minimum Gasteiger partial charge on any atom is -0.497 e. The Kier molecular flexibility index (Phi) is 5.75. The highest BCUT2D eigenvalue weighted by atomic mass is 16.5. The number of hydrogen-bond donors (Lipinski definition) is 1. The molecule has 2 aromatic rings. The highest BCUT2D eigenvalue weighted by Gasteiger charge is 2.12. The van der Waals surface area contributed by atoms with Crippen LogP contribution in [0, 0.1) is 0 Å². The second-order valence-corrected chi connectivity index (χ2v) is 5.06. The summed E-state index contributed by atoms with van der Waals surface area (Å²) in [6.07, 6.45) is 2.71. The van der Waals surface area contributed by atoms with Gasteiger partial charge in [-0.3, -0.25) is 0 Å². The van der Waals surface area contributed by atoms with E-state index >= 15 is 0 Å². The van der Waals surface area contributed by atoms with Gasteiger partial charge in [-0.25, -0.2) is 0 Å². The van der Waals surface area contributed by atoms with Gasteiger partial charge in [0.05, 0.1) is 13.2 Å². The molecule has 1 unspecified atom stereocenters. The lowest BCUT2D eigenvalue weighted by molar-refractivity contribution is 0.393. The van der Waals surface area contributed by atoms with Crippen LogP contribution in [0.15, 0.2) is 28.7 Å². The van der Waals surface area contributed by atoms with Gasteiger partial charge in [0.2, 0.25) is 11.8 Å². The Morgan fingerprint density at radius 3 is 2.62 bits per heavy atom. The predicted molar refractivity (Wildman–Crippen MR) is 81.4 cm³/mol. The average molecular weight is 289 g/mol. The topological polar surface area (TPSA) is 60.2 Å². The molecule has 0 radical (unpaired) electrons. The van der Waals surface area contributed by atoms with Crippen LogP contribution in [0.5, 0.6) is 5.75 Å². The van der Waals surface area contributed by atoms with Crippen LogP contribution in [-0.4, -0.2) is 23.9 Å². The highest BCUT2D eigenvalue weighted by Crippen LogP contribution is 2.15. The molecule has 0 saturated carbocycles. The van der Waals surface area contributed by atoms with Crippen LogP contribution in [0.25, 0.3) is 0 Å². The minimum atomic E-state index is 0.104. The molecular formula is C16H23N3O2. The van der Waals surface area contributed by atoms with Gasteiger partial charge in [0.15, 0.2) is 0 Å². The Hall–Kier alpha value is -1.88. The number of nitrogens with one attached hydrogen (secondary N) is 1. The molecule has 1 aromatic carbocycles. The molecule has 0 aliphatic heterocycles. The molecule has 1 heterocycles. The molecule has 21 heavy (non-hydrogen) atoms. The van der Waals surface area contributed by atoms with E-state index in [0.717, 1.165) is 31.6 Å². The largest absolute Gasteiger partial charge is 0.497 e. The lowest BCUT2D eigenvalue weighted by Gasteiger charge is -2.07. The van der Waals surface area contributed by atoms with Crippen LogP contribution in [-0.2, 0) is 12.8 Å². The fourth-order valence-corrected chi connectivity index (χ4v) is 2.03. The molecule has 1 atom stereocenters. The molecule has 1 N–H and O–H groups in total. The zero-order chi connectivity index (χ0) is 15.1. The molecule has 0 spiro atoms. The number of hydrogen-bond acceptors (Lipinski definition) is 5. The van der Waals surface area contributed by atoms with Gasteiger partial charge < -0.3 is 14.5 Å². The average Bonchev–Trinajstić information content (AvgIpc) is 3.00. The number of methoxy groups -OCH3 is 1. The maximum absolute atomic E-state index is 5.70. The van der Waals surface area contributed by atoms with Gasteiger partial charge in [-0.15, -0.1) is 10.2 Å². The van der Waals surface area contributed by atoms with E-state index in [0.29, 0.717) is 11.8 Å². The quantitative estimate of drug-likeness (QED) is 0.809. The molecule has 5 heteroatoms. The van der Waals surface area contributed by atoms with Gasteiger partial charge in [0, 0.05) is 6.42 Å². The van der Waals surface area contributed by atoms with Crippen LogP contribution in [0.3, 0.4) is 0 Å². The van der Waals surface area contributed by atoms with E-state index < -0.39 is 0 Å². The number of benzene rings is 1. The van der Waals surface area contributed by atoms with Gasteiger partial charge >= 0.3 is 0 Å². The number of nitrogens with zero attached hydrogens (tertiary/aromatic N) is 2. The van der Waals surface area contributed by atoms with Crippen molar-refractivity contribution in [3.05, 3.63) is 41.6 Å². The second-order valence-electron chi connectivity index (χ2n) is 5.06. The van der Waals surface area contributed by atoms with E-state index in [1.54, 1.807) is 7.11 Å². The number of aryl methyl sites for hydroxylation is 2. The Balaban J connectivity index is 1.87. The summed E-state index contributed by atoms with van der Waals surface area (Å²) in [5, 5.41) is 11.6. The van der Waals surface area contributed by atoms with E-state index in [1.807, 2.05) is 19.1 Å². The molecule has 5 nitrogen and oxygen atoms in total. The Labute approximate surface area is 125 Å². The van der Waals surface area contributed by atoms with Crippen LogP contribution in [0.4, 0.5) is 0 Å². The van der Waals surface area contributed by atoms with Crippen molar-refractivity contribution >= 4 is 0 Å². The molecule has 0 bridgehead atoms. The molecule has 1 aromatic heterocycles. The van der Waals surface area contributed by atoms with Crippen molar-refractivity contribution in [1.82, 2.24) is 15.5 Å². The zero-order valence-corrected chi connectivity index (χ0v) is 12.9. The van der Waals surface area contributed by atoms with E-state index in [9.17, 15) is 0 Å².